The predicted octanol–water partition coefficient (Wildman–Crippen LogP) is 5.07. The summed E-state index contributed by atoms with van der Waals surface area (Å²) in [5.74, 6) is 0.190. The quantitative estimate of drug-likeness (QED) is 0.372. The van der Waals surface area contributed by atoms with E-state index < -0.39 is 4.92 Å². The van der Waals surface area contributed by atoms with Gasteiger partial charge in [-0.15, -0.1) is 0 Å². The topological polar surface area (TPSA) is 105 Å². The highest BCUT2D eigenvalue weighted by Gasteiger charge is 2.22. The number of hydrogen-bond acceptors (Lipinski definition) is 5. The van der Waals surface area contributed by atoms with Gasteiger partial charge in [-0.2, -0.15) is 0 Å². The van der Waals surface area contributed by atoms with Crippen LogP contribution in [-0.2, 0) is 0 Å². The summed E-state index contributed by atoms with van der Waals surface area (Å²) in [6.45, 7) is 0. The molecule has 2 aromatic heterocycles. The molecule has 0 aliphatic carbocycles. The zero-order valence-electron chi connectivity index (χ0n) is 14.3. The highest BCUT2D eigenvalue weighted by Crippen LogP contribution is 2.37. The normalized spacial score (nSPS) is 10.8. The Balaban J connectivity index is 1.95. The maximum Gasteiger partial charge on any atom is 0.280 e. The molecule has 2 aromatic carbocycles. The maximum atomic E-state index is 11.4. The second-order valence-electron chi connectivity index (χ2n) is 6.01. The van der Waals surface area contributed by atoms with Crippen molar-refractivity contribution in [2.45, 2.75) is 0 Å². The fourth-order valence-electron chi connectivity index (χ4n) is 2.92. The van der Waals surface area contributed by atoms with Crippen molar-refractivity contribution in [1.82, 2.24) is 15.0 Å². The van der Waals surface area contributed by atoms with Crippen molar-refractivity contribution in [1.29, 1.82) is 0 Å². The van der Waals surface area contributed by atoms with Crippen LogP contribution < -0.4 is 0 Å². The van der Waals surface area contributed by atoms with Crippen LogP contribution in [0.2, 0.25) is 5.02 Å². The molecular formula is C20H13ClN4O3. The van der Waals surface area contributed by atoms with Gasteiger partial charge in [-0.05, 0) is 36.4 Å². The van der Waals surface area contributed by atoms with Crippen molar-refractivity contribution in [3.8, 4) is 39.7 Å². The first kappa shape index (κ1) is 17.7. The standard InChI is InChI=1S/C20H13ClN4O3/c21-14-3-1-12(2-4-14)18-19(13-7-9-22-10-8-13)24-20(23-18)16-11-15(26)5-6-17(16)25(27)28/h1-11,26H,(H,23,24). The molecule has 0 fully saturated rings. The highest BCUT2D eigenvalue weighted by atomic mass is 35.5. The SMILES string of the molecule is O=[N+]([O-])c1ccc(O)cc1-c1nc(-c2ccc(Cl)cc2)c(-c2ccncc2)[nH]1. The van der Waals surface area contributed by atoms with Crippen LogP contribution in [-0.4, -0.2) is 25.0 Å². The van der Waals surface area contributed by atoms with Crippen LogP contribution >= 0.6 is 11.6 Å². The number of rotatable bonds is 4. The Labute approximate surface area is 164 Å². The molecule has 138 valence electrons. The minimum atomic E-state index is -0.509. The Bertz CT molecular complexity index is 1160. The van der Waals surface area contributed by atoms with E-state index in [1.807, 2.05) is 24.3 Å². The second kappa shape index (κ2) is 7.13. The van der Waals surface area contributed by atoms with E-state index in [2.05, 4.69) is 15.0 Å². The van der Waals surface area contributed by atoms with Crippen LogP contribution in [0.5, 0.6) is 5.75 Å². The third-order valence-electron chi connectivity index (χ3n) is 4.22. The molecule has 2 heterocycles. The van der Waals surface area contributed by atoms with Crippen molar-refractivity contribution in [3.63, 3.8) is 0 Å². The monoisotopic (exact) mass is 392 g/mol. The van der Waals surface area contributed by atoms with Gasteiger partial charge >= 0.3 is 0 Å². The van der Waals surface area contributed by atoms with Crippen molar-refractivity contribution < 1.29 is 10.0 Å². The number of pyridine rings is 1. The van der Waals surface area contributed by atoms with E-state index in [0.717, 1.165) is 11.1 Å². The number of aromatic amines is 1. The number of aromatic nitrogens is 3. The van der Waals surface area contributed by atoms with E-state index >= 15 is 0 Å². The highest BCUT2D eigenvalue weighted by molar-refractivity contribution is 6.30. The first-order valence-electron chi connectivity index (χ1n) is 8.27. The van der Waals surface area contributed by atoms with Gasteiger partial charge in [0.2, 0.25) is 0 Å². The molecule has 28 heavy (non-hydrogen) atoms. The number of aromatic hydroxyl groups is 1. The van der Waals surface area contributed by atoms with Gasteiger partial charge in [0.05, 0.1) is 21.9 Å². The number of hydrogen-bond donors (Lipinski definition) is 2. The number of benzene rings is 2. The van der Waals surface area contributed by atoms with Crippen LogP contribution in [0.1, 0.15) is 0 Å². The number of nitro benzene ring substituents is 1. The number of imidazole rings is 1. The van der Waals surface area contributed by atoms with Gasteiger partial charge in [0, 0.05) is 34.6 Å². The lowest BCUT2D eigenvalue weighted by Crippen LogP contribution is -1.93. The zero-order chi connectivity index (χ0) is 19.7. The lowest BCUT2D eigenvalue weighted by atomic mass is 10.1. The molecular weight excluding hydrogens is 380 g/mol. The number of nitrogens with one attached hydrogen (secondary N) is 1. The van der Waals surface area contributed by atoms with Gasteiger partial charge in [0.15, 0.2) is 0 Å². The van der Waals surface area contributed by atoms with E-state index in [-0.39, 0.29) is 22.8 Å². The van der Waals surface area contributed by atoms with Crippen molar-refractivity contribution >= 4 is 17.3 Å². The molecule has 4 rings (SSSR count). The minimum absolute atomic E-state index is 0.0875. The number of H-pyrrole nitrogens is 1. The zero-order valence-corrected chi connectivity index (χ0v) is 15.1. The lowest BCUT2D eigenvalue weighted by Gasteiger charge is -2.03. The summed E-state index contributed by atoms with van der Waals surface area (Å²) < 4.78 is 0. The molecule has 0 unspecified atom stereocenters. The molecule has 0 atom stereocenters. The van der Waals surface area contributed by atoms with Crippen LogP contribution in [0.3, 0.4) is 0 Å². The molecule has 0 spiro atoms. The number of nitro groups is 1. The predicted molar refractivity (Wildman–Crippen MR) is 106 cm³/mol. The fourth-order valence-corrected chi connectivity index (χ4v) is 3.04. The van der Waals surface area contributed by atoms with E-state index in [1.165, 1.54) is 18.2 Å². The summed E-state index contributed by atoms with van der Waals surface area (Å²) in [6.07, 6.45) is 3.30. The Hall–Kier alpha value is -3.71. The molecule has 0 aliphatic heterocycles. The van der Waals surface area contributed by atoms with Crippen molar-refractivity contribution in [2.24, 2.45) is 0 Å². The Morgan fingerprint density at radius 3 is 2.39 bits per heavy atom. The number of phenolic OH excluding ortho intramolecular Hbond substituents is 1. The molecule has 0 aliphatic rings. The summed E-state index contributed by atoms with van der Waals surface area (Å²) in [6, 6.07) is 14.6. The summed E-state index contributed by atoms with van der Waals surface area (Å²) in [5, 5.41) is 21.9. The third-order valence-corrected chi connectivity index (χ3v) is 4.47. The average molecular weight is 393 g/mol. The van der Waals surface area contributed by atoms with E-state index in [1.54, 1.807) is 24.5 Å². The fraction of sp³-hybridized carbons (Fsp3) is 0. The summed E-state index contributed by atoms with van der Waals surface area (Å²) in [7, 11) is 0. The molecule has 7 nitrogen and oxygen atoms in total. The van der Waals surface area contributed by atoms with Crippen molar-refractivity contribution in [3.05, 3.63) is 82.1 Å². The van der Waals surface area contributed by atoms with E-state index in [0.29, 0.717) is 16.4 Å². The van der Waals surface area contributed by atoms with Gasteiger partial charge in [0.25, 0.3) is 5.69 Å². The van der Waals surface area contributed by atoms with Gasteiger partial charge in [-0.25, -0.2) is 4.98 Å². The molecule has 0 saturated heterocycles. The van der Waals surface area contributed by atoms with Crippen LogP contribution in [0.25, 0.3) is 33.9 Å². The van der Waals surface area contributed by atoms with Gasteiger partial charge in [-0.3, -0.25) is 15.1 Å². The molecule has 0 bridgehead atoms. The Kier molecular flexibility index (Phi) is 4.50. The number of nitrogens with zero attached hydrogens (tertiary/aromatic N) is 3. The Morgan fingerprint density at radius 2 is 1.71 bits per heavy atom. The molecule has 0 radical (unpaired) electrons. The smallest absolute Gasteiger partial charge is 0.280 e. The minimum Gasteiger partial charge on any atom is -0.508 e. The first-order valence-corrected chi connectivity index (χ1v) is 8.65. The third kappa shape index (κ3) is 3.30. The molecule has 2 N–H and O–H groups in total. The number of halogens is 1. The molecule has 0 amide bonds. The van der Waals surface area contributed by atoms with Gasteiger partial charge < -0.3 is 10.1 Å². The lowest BCUT2D eigenvalue weighted by molar-refractivity contribution is -0.384. The van der Waals surface area contributed by atoms with Gasteiger partial charge in [0.1, 0.15) is 11.6 Å². The van der Waals surface area contributed by atoms with Crippen LogP contribution in [0.15, 0.2) is 67.0 Å². The Morgan fingerprint density at radius 1 is 1.00 bits per heavy atom. The summed E-state index contributed by atoms with van der Waals surface area (Å²) in [5.41, 5.74) is 2.94. The number of phenols is 1. The molecule has 8 heteroatoms. The molecule has 4 aromatic rings. The largest absolute Gasteiger partial charge is 0.508 e. The van der Waals surface area contributed by atoms with Gasteiger partial charge in [-0.1, -0.05) is 23.7 Å². The average Bonchev–Trinajstić information content (AvgIpc) is 3.14. The van der Waals surface area contributed by atoms with Crippen molar-refractivity contribution in [2.75, 3.05) is 0 Å². The van der Waals surface area contributed by atoms with Crippen LogP contribution in [0, 0.1) is 10.1 Å². The first-order chi connectivity index (χ1) is 13.5. The summed E-state index contributed by atoms with van der Waals surface area (Å²) in [4.78, 5) is 22.7. The molecule has 0 saturated carbocycles. The summed E-state index contributed by atoms with van der Waals surface area (Å²) >= 11 is 5.99. The maximum absolute atomic E-state index is 11.4. The van der Waals surface area contributed by atoms with E-state index in [4.69, 9.17) is 11.6 Å². The van der Waals surface area contributed by atoms with E-state index in [9.17, 15) is 15.2 Å². The second-order valence-corrected chi connectivity index (χ2v) is 6.45. The van der Waals surface area contributed by atoms with Crippen LogP contribution in [0.4, 0.5) is 5.69 Å².